The first-order valence-corrected chi connectivity index (χ1v) is 22.2. The van der Waals surface area contributed by atoms with Crippen molar-refractivity contribution in [2.24, 2.45) is 0 Å². The molecule has 0 saturated heterocycles. The third-order valence-electron chi connectivity index (χ3n) is 9.82. The number of unbranched alkanes of at least 4 members (excludes halogenated alkanes) is 34. The maximum absolute atomic E-state index is 10.9. The third kappa shape index (κ3) is 48.5. The van der Waals surface area contributed by atoms with Crippen molar-refractivity contribution in [2.45, 2.75) is 245 Å². The van der Waals surface area contributed by atoms with E-state index in [-0.39, 0.29) is 11.9 Å². The number of ether oxygens (including phenoxy) is 2. The van der Waals surface area contributed by atoms with E-state index in [1.807, 2.05) is 0 Å². The molecule has 0 fully saturated rings. The van der Waals surface area contributed by atoms with Crippen LogP contribution in [0.5, 0.6) is 0 Å². The lowest BCUT2D eigenvalue weighted by molar-refractivity contribution is -0.138. The molecule has 0 aliphatic heterocycles. The van der Waals surface area contributed by atoms with E-state index in [2.05, 4.69) is 27.0 Å². The van der Waals surface area contributed by atoms with Gasteiger partial charge in [0.2, 0.25) is 0 Å². The van der Waals surface area contributed by atoms with E-state index in [0.29, 0.717) is 13.2 Å². The molecule has 0 amide bonds. The van der Waals surface area contributed by atoms with E-state index in [0.717, 1.165) is 12.8 Å². The molecule has 4 heteroatoms. The molecule has 0 spiro atoms. The van der Waals surface area contributed by atoms with Crippen molar-refractivity contribution in [1.82, 2.24) is 0 Å². The summed E-state index contributed by atoms with van der Waals surface area (Å²) in [4.78, 5) is 21.7. The van der Waals surface area contributed by atoms with Crippen LogP contribution in [0, 0.1) is 0 Å². The van der Waals surface area contributed by atoms with Crippen molar-refractivity contribution < 1.29 is 19.1 Å². The Morgan fingerprint density at radius 3 is 0.640 bits per heavy atom. The summed E-state index contributed by atoms with van der Waals surface area (Å²) in [6, 6.07) is 0. The third-order valence-corrected chi connectivity index (χ3v) is 9.82. The van der Waals surface area contributed by atoms with Crippen molar-refractivity contribution in [3.05, 3.63) is 25.3 Å². The predicted molar refractivity (Wildman–Crippen MR) is 220 cm³/mol. The largest absolute Gasteiger partial charge is 0.463 e. The summed E-state index contributed by atoms with van der Waals surface area (Å²) < 4.78 is 9.92. The van der Waals surface area contributed by atoms with E-state index >= 15 is 0 Å². The Hall–Kier alpha value is -1.58. The van der Waals surface area contributed by atoms with Crippen LogP contribution < -0.4 is 0 Å². The second-order valence-electron chi connectivity index (χ2n) is 14.8. The molecule has 0 N–H and O–H groups in total. The molecular formula is C46H88O4. The highest BCUT2D eigenvalue weighted by atomic mass is 16.5. The van der Waals surface area contributed by atoms with Gasteiger partial charge < -0.3 is 9.47 Å². The van der Waals surface area contributed by atoms with E-state index in [9.17, 15) is 9.59 Å². The molecule has 0 aliphatic rings. The van der Waals surface area contributed by atoms with Crippen LogP contribution in [0.1, 0.15) is 245 Å². The Morgan fingerprint density at radius 1 is 0.320 bits per heavy atom. The summed E-state index contributed by atoms with van der Waals surface area (Å²) >= 11 is 0. The molecular weight excluding hydrogens is 617 g/mol. The van der Waals surface area contributed by atoms with Gasteiger partial charge in [0.25, 0.3) is 0 Å². The maximum atomic E-state index is 10.9. The van der Waals surface area contributed by atoms with Crippen LogP contribution in [0.15, 0.2) is 25.3 Å². The van der Waals surface area contributed by atoms with Crippen LogP contribution in [0.3, 0.4) is 0 Å². The number of carbonyl (C=O) groups is 2. The van der Waals surface area contributed by atoms with Gasteiger partial charge in [0, 0.05) is 12.2 Å². The Kier molecular flexibility index (Phi) is 47.9. The summed E-state index contributed by atoms with van der Waals surface area (Å²) in [5, 5.41) is 0. The monoisotopic (exact) mass is 705 g/mol. The van der Waals surface area contributed by atoms with E-state index in [1.54, 1.807) is 0 Å². The van der Waals surface area contributed by atoms with Crippen molar-refractivity contribution in [3.63, 3.8) is 0 Å². The Morgan fingerprint density at radius 2 is 0.480 bits per heavy atom. The van der Waals surface area contributed by atoms with Gasteiger partial charge in [0.1, 0.15) is 0 Å². The lowest BCUT2D eigenvalue weighted by Gasteiger charge is -2.04. The quantitative estimate of drug-likeness (QED) is 0.0362. The minimum atomic E-state index is -0.300. The van der Waals surface area contributed by atoms with Gasteiger partial charge in [-0.3, -0.25) is 0 Å². The Bertz CT molecular complexity index is 688. The number of rotatable bonds is 40. The molecule has 0 saturated carbocycles. The van der Waals surface area contributed by atoms with Crippen LogP contribution in [0.25, 0.3) is 0 Å². The SMILES string of the molecule is C=CC(=O)OCCCCCCCCCCCCCCCCCC.C=CC(=O)OCCCCCCCCCCCCCCCCCCCCCC. The lowest BCUT2D eigenvalue weighted by Crippen LogP contribution is -2.01. The summed E-state index contributed by atoms with van der Waals surface area (Å²) in [6.45, 7) is 12.4. The first kappa shape index (κ1) is 50.5. The molecule has 0 aromatic carbocycles. The molecule has 50 heavy (non-hydrogen) atoms. The molecule has 0 atom stereocenters. The fourth-order valence-corrected chi connectivity index (χ4v) is 6.47. The molecule has 0 aromatic rings. The van der Waals surface area contributed by atoms with Crippen molar-refractivity contribution in [1.29, 1.82) is 0 Å². The second-order valence-corrected chi connectivity index (χ2v) is 14.8. The van der Waals surface area contributed by atoms with Gasteiger partial charge >= 0.3 is 11.9 Å². The van der Waals surface area contributed by atoms with Gasteiger partial charge in [-0.25, -0.2) is 9.59 Å². The van der Waals surface area contributed by atoms with Gasteiger partial charge in [-0.2, -0.15) is 0 Å². The van der Waals surface area contributed by atoms with Gasteiger partial charge in [0.15, 0.2) is 0 Å². The topological polar surface area (TPSA) is 52.6 Å². The average Bonchev–Trinajstić information content (AvgIpc) is 3.13. The molecule has 0 radical (unpaired) electrons. The molecule has 0 rings (SSSR count). The molecule has 0 aliphatic carbocycles. The molecule has 0 heterocycles. The van der Waals surface area contributed by atoms with Crippen LogP contribution in [-0.4, -0.2) is 25.2 Å². The number of esters is 2. The maximum Gasteiger partial charge on any atom is 0.330 e. The van der Waals surface area contributed by atoms with Crippen molar-refractivity contribution in [2.75, 3.05) is 13.2 Å². The molecule has 4 nitrogen and oxygen atoms in total. The standard InChI is InChI=1S/C25H48O2.C21H40O2/c1-3-5-6-7-8-9-10-11-12-13-14-15-16-17-18-19-20-21-22-23-24-27-25(26)4-2;1-3-5-6-7-8-9-10-11-12-13-14-15-16-17-18-19-20-23-21(22)4-2/h4H,2-3,5-24H2,1H3;4H,2-3,5-20H2,1H3. The van der Waals surface area contributed by atoms with Crippen LogP contribution in [0.2, 0.25) is 0 Å². The summed E-state index contributed by atoms with van der Waals surface area (Å²) in [5.74, 6) is -0.598. The highest BCUT2D eigenvalue weighted by molar-refractivity contribution is 5.81. The number of hydrogen-bond acceptors (Lipinski definition) is 4. The zero-order valence-electron chi connectivity index (χ0n) is 34.1. The molecule has 0 aromatic heterocycles. The summed E-state index contributed by atoms with van der Waals surface area (Å²) in [5.41, 5.74) is 0. The average molecular weight is 705 g/mol. The van der Waals surface area contributed by atoms with Gasteiger partial charge in [-0.05, 0) is 12.8 Å². The van der Waals surface area contributed by atoms with Crippen LogP contribution in [-0.2, 0) is 19.1 Å². The van der Waals surface area contributed by atoms with E-state index < -0.39 is 0 Å². The highest BCUT2D eigenvalue weighted by Crippen LogP contribution is 2.16. The number of carbonyl (C=O) groups excluding carboxylic acids is 2. The lowest BCUT2D eigenvalue weighted by atomic mass is 10.0. The Balaban J connectivity index is 0. The molecule has 0 bridgehead atoms. The highest BCUT2D eigenvalue weighted by Gasteiger charge is 1.99. The predicted octanol–water partition coefficient (Wildman–Crippen LogP) is 15.5. The first-order valence-electron chi connectivity index (χ1n) is 22.2. The van der Waals surface area contributed by atoms with E-state index in [4.69, 9.17) is 9.47 Å². The minimum absolute atomic E-state index is 0.298. The van der Waals surface area contributed by atoms with Crippen LogP contribution in [0.4, 0.5) is 0 Å². The van der Waals surface area contributed by atoms with E-state index in [1.165, 1.54) is 230 Å². The van der Waals surface area contributed by atoms with Crippen molar-refractivity contribution in [3.8, 4) is 0 Å². The number of hydrogen-bond donors (Lipinski definition) is 0. The van der Waals surface area contributed by atoms with Gasteiger partial charge in [0.05, 0.1) is 13.2 Å². The summed E-state index contributed by atoms with van der Waals surface area (Å²) in [7, 11) is 0. The molecule has 296 valence electrons. The summed E-state index contributed by atoms with van der Waals surface area (Å²) in [6.07, 6.45) is 51.9. The van der Waals surface area contributed by atoms with Gasteiger partial charge in [-0.15, -0.1) is 0 Å². The Labute approximate surface area is 313 Å². The smallest absolute Gasteiger partial charge is 0.330 e. The zero-order valence-corrected chi connectivity index (χ0v) is 34.1. The first-order chi connectivity index (χ1) is 24.6. The second kappa shape index (κ2) is 47.4. The normalized spacial score (nSPS) is 10.8. The minimum Gasteiger partial charge on any atom is -0.463 e. The molecule has 0 unspecified atom stereocenters. The van der Waals surface area contributed by atoms with Crippen molar-refractivity contribution >= 4 is 11.9 Å². The van der Waals surface area contributed by atoms with Crippen LogP contribution >= 0.6 is 0 Å². The fraction of sp³-hybridized carbons (Fsp3) is 0.870. The zero-order chi connectivity index (χ0) is 36.9. The fourth-order valence-electron chi connectivity index (χ4n) is 6.47. The van der Waals surface area contributed by atoms with Gasteiger partial charge in [-0.1, -0.05) is 245 Å².